The van der Waals surface area contributed by atoms with Crippen molar-refractivity contribution in [2.45, 2.75) is 19.4 Å². The van der Waals surface area contributed by atoms with Crippen LogP contribution in [0.25, 0.3) is 0 Å². The first-order chi connectivity index (χ1) is 8.63. The number of carbonyl (C=O) groups is 1. The maximum atomic E-state index is 12.4. The molecule has 0 atom stereocenters. The number of phenolic OH excluding ortho intramolecular Hbond substituents is 1. The number of hydrogen-bond acceptors (Lipinski definition) is 3. The summed E-state index contributed by atoms with van der Waals surface area (Å²) >= 11 is 6.03. The highest BCUT2D eigenvalue weighted by molar-refractivity contribution is 6.33. The highest BCUT2D eigenvalue weighted by Gasteiger charge is 2.29. The highest BCUT2D eigenvalue weighted by atomic mass is 35.5. The molecule has 1 aliphatic heterocycles. The van der Waals surface area contributed by atoms with Gasteiger partial charge in [-0.2, -0.15) is 0 Å². The molecule has 0 radical (unpaired) electrons. The molecule has 0 aromatic heterocycles. The molecule has 0 bridgehead atoms. The van der Waals surface area contributed by atoms with E-state index in [9.17, 15) is 9.90 Å². The summed E-state index contributed by atoms with van der Waals surface area (Å²) < 4.78 is 0. The average molecular weight is 269 g/mol. The monoisotopic (exact) mass is 268 g/mol. The zero-order valence-corrected chi connectivity index (χ0v) is 11.1. The van der Waals surface area contributed by atoms with Crippen molar-refractivity contribution in [3.8, 4) is 5.75 Å². The van der Waals surface area contributed by atoms with Gasteiger partial charge in [0.25, 0.3) is 5.91 Å². The van der Waals surface area contributed by atoms with Crippen LogP contribution in [0.2, 0.25) is 5.02 Å². The van der Waals surface area contributed by atoms with Gasteiger partial charge in [-0.1, -0.05) is 18.5 Å². The zero-order valence-electron chi connectivity index (χ0n) is 10.3. The Labute approximate surface area is 112 Å². The lowest BCUT2D eigenvalue weighted by Gasteiger charge is -2.38. The van der Waals surface area contributed by atoms with Crippen LogP contribution in [-0.4, -0.2) is 41.6 Å². The molecule has 5 heteroatoms. The second-order valence-electron chi connectivity index (χ2n) is 4.47. The van der Waals surface area contributed by atoms with Gasteiger partial charge in [0.1, 0.15) is 5.75 Å². The Kier molecular flexibility index (Phi) is 4.09. The van der Waals surface area contributed by atoms with Crippen LogP contribution in [0.3, 0.4) is 0 Å². The van der Waals surface area contributed by atoms with Gasteiger partial charge in [0, 0.05) is 19.6 Å². The van der Waals surface area contributed by atoms with Crippen LogP contribution in [0.5, 0.6) is 5.75 Å². The van der Waals surface area contributed by atoms with Crippen LogP contribution in [0.1, 0.15) is 23.7 Å². The lowest BCUT2D eigenvalue weighted by molar-refractivity contribution is 0.0615. The van der Waals surface area contributed by atoms with Crippen LogP contribution in [-0.2, 0) is 0 Å². The number of aromatic hydroxyl groups is 1. The van der Waals surface area contributed by atoms with E-state index in [-0.39, 0.29) is 17.7 Å². The summed E-state index contributed by atoms with van der Waals surface area (Å²) in [5, 5.41) is 13.0. The van der Waals surface area contributed by atoms with Gasteiger partial charge in [0.15, 0.2) is 0 Å². The summed E-state index contributed by atoms with van der Waals surface area (Å²) in [6.45, 7) is 4.39. The quantitative estimate of drug-likeness (QED) is 0.877. The fraction of sp³-hybridized carbons (Fsp3) is 0.462. The first kappa shape index (κ1) is 13.2. The van der Waals surface area contributed by atoms with Gasteiger partial charge < -0.3 is 15.3 Å². The number of halogens is 1. The molecule has 1 heterocycles. The van der Waals surface area contributed by atoms with Crippen molar-refractivity contribution in [3.05, 3.63) is 28.8 Å². The van der Waals surface area contributed by atoms with E-state index in [2.05, 4.69) is 5.32 Å². The van der Waals surface area contributed by atoms with E-state index in [0.717, 1.165) is 19.5 Å². The molecule has 0 unspecified atom stereocenters. The molecular formula is C13H17ClN2O2. The van der Waals surface area contributed by atoms with E-state index in [1.807, 2.05) is 11.8 Å². The Morgan fingerprint density at radius 1 is 1.56 bits per heavy atom. The Morgan fingerprint density at radius 2 is 2.28 bits per heavy atom. The summed E-state index contributed by atoms with van der Waals surface area (Å²) in [5.74, 6) is -0.0461. The second kappa shape index (κ2) is 5.59. The maximum Gasteiger partial charge on any atom is 0.255 e. The largest absolute Gasteiger partial charge is 0.508 e. The van der Waals surface area contributed by atoms with E-state index in [4.69, 9.17) is 11.6 Å². The van der Waals surface area contributed by atoms with Crippen LogP contribution in [0, 0.1) is 0 Å². The molecule has 1 aromatic rings. The number of phenols is 1. The lowest BCUT2D eigenvalue weighted by atomic mass is 10.1. The van der Waals surface area contributed by atoms with E-state index < -0.39 is 0 Å². The van der Waals surface area contributed by atoms with Crippen molar-refractivity contribution in [2.24, 2.45) is 0 Å². The minimum atomic E-state index is -0.107. The summed E-state index contributed by atoms with van der Waals surface area (Å²) in [7, 11) is 0. The molecule has 0 aliphatic carbocycles. The van der Waals surface area contributed by atoms with Crippen molar-refractivity contribution in [1.29, 1.82) is 0 Å². The minimum Gasteiger partial charge on any atom is -0.508 e. The Morgan fingerprint density at radius 3 is 2.83 bits per heavy atom. The molecular weight excluding hydrogens is 252 g/mol. The number of benzene rings is 1. The third-order valence-electron chi connectivity index (χ3n) is 3.11. The van der Waals surface area contributed by atoms with E-state index in [1.165, 1.54) is 12.1 Å². The molecule has 1 aliphatic rings. The van der Waals surface area contributed by atoms with Crippen molar-refractivity contribution in [1.82, 2.24) is 10.2 Å². The Balaban J connectivity index is 2.23. The van der Waals surface area contributed by atoms with Crippen LogP contribution < -0.4 is 5.32 Å². The molecule has 4 nitrogen and oxygen atoms in total. The predicted molar refractivity (Wildman–Crippen MR) is 71.1 cm³/mol. The Hall–Kier alpha value is -1.26. The fourth-order valence-electron chi connectivity index (χ4n) is 2.02. The number of nitrogens with one attached hydrogen (secondary N) is 1. The van der Waals surface area contributed by atoms with Gasteiger partial charge in [0.05, 0.1) is 16.6 Å². The second-order valence-corrected chi connectivity index (χ2v) is 4.88. The molecule has 2 rings (SSSR count). The minimum absolute atomic E-state index is 0.0610. The SMILES string of the molecule is CCCN(C(=O)c1cc(O)ccc1Cl)C1CNC1. The highest BCUT2D eigenvalue weighted by Crippen LogP contribution is 2.24. The van der Waals surface area contributed by atoms with Crippen molar-refractivity contribution >= 4 is 17.5 Å². The third kappa shape index (κ3) is 2.60. The summed E-state index contributed by atoms with van der Waals surface area (Å²) in [4.78, 5) is 14.3. The van der Waals surface area contributed by atoms with Crippen molar-refractivity contribution in [3.63, 3.8) is 0 Å². The maximum absolute atomic E-state index is 12.4. The smallest absolute Gasteiger partial charge is 0.255 e. The van der Waals surface area contributed by atoms with E-state index in [0.29, 0.717) is 17.1 Å². The number of amides is 1. The third-order valence-corrected chi connectivity index (χ3v) is 3.44. The van der Waals surface area contributed by atoms with E-state index in [1.54, 1.807) is 6.07 Å². The van der Waals surface area contributed by atoms with Crippen molar-refractivity contribution in [2.75, 3.05) is 19.6 Å². The summed E-state index contributed by atoms with van der Waals surface area (Å²) in [5.41, 5.74) is 0.372. The number of hydrogen-bond donors (Lipinski definition) is 2. The number of rotatable bonds is 4. The van der Waals surface area contributed by atoms with Gasteiger partial charge in [-0.25, -0.2) is 0 Å². The fourth-order valence-corrected chi connectivity index (χ4v) is 2.21. The van der Waals surface area contributed by atoms with Gasteiger partial charge in [-0.3, -0.25) is 4.79 Å². The normalized spacial score (nSPS) is 15.2. The molecule has 18 heavy (non-hydrogen) atoms. The summed E-state index contributed by atoms with van der Waals surface area (Å²) in [6, 6.07) is 4.69. The molecule has 98 valence electrons. The molecule has 1 amide bonds. The first-order valence-corrected chi connectivity index (χ1v) is 6.51. The Bertz CT molecular complexity index is 447. The predicted octanol–water partition coefficient (Wildman–Crippen LogP) is 1.87. The van der Waals surface area contributed by atoms with Crippen LogP contribution in [0.15, 0.2) is 18.2 Å². The van der Waals surface area contributed by atoms with Crippen LogP contribution >= 0.6 is 11.6 Å². The topological polar surface area (TPSA) is 52.6 Å². The molecule has 2 N–H and O–H groups in total. The van der Waals surface area contributed by atoms with Gasteiger partial charge in [-0.05, 0) is 24.6 Å². The molecule has 1 saturated heterocycles. The molecule has 0 spiro atoms. The average Bonchev–Trinajstić information content (AvgIpc) is 2.28. The van der Waals surface area contributed by atoms with Gasteiger partial charge >= 0.3 is 0 Å². The molecule has 1 aromatic carbocycles. The number of carbonyl (C=O) groups excluding carboxylic acids is 1. The molecule has 0 saturated carbocycles. The standard InChI is InChI=1S/C13H17ClN2O2/c1-2-5-16(9-7-15-8-9)13(18)11-6-10(17)3-4-12(11)14/h3-4,6,9,15,17H,2,5,7-8H2,1H3. The summed E-state index contributed by atoms with van der Waals surface area (Å²) in [6.07, 6.45) is 0.901. The first-order valence-electron chi connectivity index (χ1n) is 6.13. The van der Waals surface area contributed by atoms with E-state index >= 15 is 0 Å². The van der Waals surface area contributed by atoms with Gasteiger partial charge in [0.2, 0.25) is 0 Å². The zero-order chi connectivity index (χ0) is 13.1. The lowest BCUT2D eigenvalue weighted by Crippen LogP contribution is -2.59. The van der Waals surface area contributed by atoms with Crippen LogP contribution in [0.4, 0.5) is 0 Å². The van der Waals surface area contributed by atoms with Gasteiger partial charge in [-0.15, -0.1) is 0 Å². The molecule has 1 fully saturated rings. The van der Waals surface area contributed by atoms with Crippen molar-refractivity contribution < 1.29 is 9.90 Å². The number of nitrogens with zero attached hydrogens (tertiary/aromatic N) is 1.